The summed E-state index contributed by atoms with van der Waals surface area (Å²) in [4.78, 5) is 0. The molecule has 0 atom stereocenters. The van der Waals surface area contributed by atoms with Crippen molar-refractivity contribution in [3.8, 4) is 0 Å². The van der Waals surface area contributed by atoms with Crippen LogP contribution in [0.3, 0.4) is 0 Å². The highest BCUT2D eigenvalue weighted by molar-refractivity contribution is 7.87. The fraction of sp³-hybridized carbons (Fsp3) is 1.00. The van der Waals surface area contributed by atoms with Crippen molar-refractivity contribution in [1.82, 2.24) is 9.03 Å². The summed E-state index contributed by atoms with van der Waals surface area (Å²) >= 11 is 0. The molecular formula is C9H22N2O4S. The molecule has 0 spiro atoms. The van der Waals surface area contributed by atoms with Gasteiger partial charge in [-0.25, -0.2) is 0 Å². The summed E-state index contributed by atoms with van der Waals surface area (Å²) in [5.41, 5.74) is 0. The van der Waals surface area contributed by atoms with Gasteiger partial charge in [0.15, 0.2) is 0 Å². The van der Waals surface area contributed by atoms with Crippen LogP contribution in [0.25, 0.3) is 0 Å². The quantitative estimate of drug-likeness (QED) is 0.547. The lowest BCUT2D eigenvalue weighted by Gasteiger charge is -2.25. The van der Waals surface area contributed by atoms with Crippen molar-refractivity contribution in [3.05, 3.63) is 0 Å². The Hall–Kier alpha value is -0.210. The lowest BCUT2D eigenvalue weighted by atomic mass is 10.3. The Morgan fingerprint density at radius 1 is 1.44 bits per heavy atom. The first kappa shape index (κ1) is 15.8. The van der Waals surface area contributed by atoms with Crippen LogP contribution >= 0.6 is 0 Å². The second-order valence-electron chi connectivity index (χ2n) is 3.67. The fourth-order valence-electron chi connectivity index (χ4n) is 1.24. The van der Waals surface area contributed by atoms with Gasteiger partial charge in [0.25, 0.3) is 10.2 Å². The van der Waals surface area contributed by atoms with Gasteiger partial charge in [-0.15, -0.1) is 0 Å². The molecule has 0 fully saturated rings. The zero-order valence-electron chi connectivity index (χ0n) is 10.1. The van der Waals surface area contributed by atoms with E-state index < -0.39 is 10.2 Å². The van der Waals surface area contributed by atoms with E-state index in [-0.39, 0.29) is 19.2 Å². The van der Waals surface area contributed by atoms with Crippen LogP contribution in [0.15, 0.2) is 0 Å². The van der Waals surface area contributed by atoms with Crippen LogP contribution in [0.4, 0.5) is 0 Å². The Morgan fingerprint density at radius 3 is 2.50 bits per heavy atom. The number of hydrogen-bond donors (Lipinski definition) is 2. The van der Waals surface area contributed by atoms with Gasteiger partial charge in [0.05, 0.1) is 6.61 Å². The van der Waals surface area contributed by atoms with Crippen molar-refractivity contribution in [1.29, 1.82) is 0 Å². The summed E-state index contributed by atoms with van der Waals surface area (Å²) in [6, 6.07) is -0.133. The molecule has 0 amide bonds. The molecule has 0 rings (SSSR count). The maximum absolute atomic E-state index is 11.8. The third-order valence-corrected chi connectivity index (χ3v) is 3.80. The van der Waals surface area contributed by atoms with Crippen molar-refractivity contribution in [2.75, 3.05) is 33.4 Å². The first-order valence-corrected chi connectivity index (χ1v) is 6.76. The van der Waals surface area contributed by atoms with Gasteiger partial charge in [-0.2, -0.15) is 17.4 Å². The van der Waals surface area contributed by atoms with E-state index in [0.29, 0.717) is 19.6 Å². The predicted molar refractivity (Wildman–Crippen MR) is 62.3 cm³/mol. The third kappa shape index (κ3) is 5.76. The van der Waals surface area contributed by atoms with Gasteiger partial charge in [0, 0.05) is 32.8 Å². The SMILES string of the molecule is COCCNS(=O)(=O)N(CCCO)C(C)C. The minimum absolute atomic E-state index is 0.0171. The number of hydrogen-bond acceptors (Lipinski definition) is 4. The maximum Gasteiger partial charge on any atom is 0.279 e. The number of nitrogens with zero attached hydrogens (tertiary/aromatic N) is 1. The van der Waals surface area contributed by atoms with Crippen LogP contribution in [-0.2, 0) is 14.9 Å². The lowest BCUT2D eigenvalue weighted by Crippen LogP contribution is -2.46. The Balaban J connectivity index is 4.38. The lowest BCUT2D eigenvalue weighted by molar-refractivity contribution is 0.203. The fourth-order valence-corrected chi connectivity index (χ4v) is 2.67. The van der Waals surface area contributed by atoms with Gasteiger partial charge in [-0.05, 0) is 20.3 Å². The molecule has 98 valence electrons. The molecule has 6 nitrogen and oxygen atoms in total. The molecule has 0 aromatic rings. The maximum atomic E-state index is 11.8. The summed E-state index contributed by atoms with van der Waals surface area (Å²) in [7, 11) is -1.96. The number of nitrogens with one attached hydrogen (secondary N) is 1. The summed E-state index contributed by atoms with van der Waals surface area (Å²) in [6.45, 7) is 4.49. The van der Waals surface area contributed by atoms with Gasteiger partial charge >= 0.3 is 0 Å². The average molecular weight is 254 g/mol. The molecule has 0 unspecified atom stereocenters. The molecule has 0 aromatic carbocycles. The Kier molecular flexibility index (Phi) is 7.86. The molecule has 0 aliphatic heterocycles. The molecule has 0 saturated carbocycles. The molecular weight excluding hydrogens is 232 g/mol. The number of rotatable bonds is 9. The van der Waals surface area contributed by atoms with Crippen molar-refractivity contribution in [2.45, 2.75) is 26.3 Å². The Bertz CT molecular complexity index is 267. The summed E-state index contributed by atoms with van der Waals surface area (Å²) in [5.74, 6) is 0. The predicted octanol–water partition coefficient (Wildman–Crippen LogP) is -0.440. The van der Waals surface area contributed by atoms with E-state index in [0.717, 1.165) is 0 Å². The van der Waals surface area contributed by atoms with Crippen LogP contribution in [0, 0.1) is 0 Å². The Morgan fingerprint density at radius 2 is 2.06 bits per heavy atom. The molecule has 0 radical (unpaired) electrons. The van der Waals surface area contributed by atoms with Gasteiger partial charge < -0.3 is 9.84 Å². The molecule has 16 heavy (non-hydrogen) atoms. The minimum Gasteiger partial charge on any atom is -0.396 e. The molecule has 0 aromatic heterocycles. The first-order valence-electron chi connectivity index (χ1n) is 5.32. The van der Waals surface area contributed by atoms with Crippen LogP contribution in [-0.4, -0.2) is 57.3 Å². The van der Waals surface area contributed by atoms with E-state index >= 15 is 0 Å². The molecule has 0 aliphatic rings. The zero-order chi connectivity index (χ0) is 12.6. The molecule has 7 heteroatoms. The number of aliphatic hydroxyl groups excluding tert-OH is 1. The van der Waals surface area contributed by atoms with E-state index in [1.807, 2.05) is 0 Å². The summed E-state index contributed by atoms with van der Waals surface area (Å²) < 4.78 is 32.2. The second-order valence-corrected chi connectivity index (χ2v) is 5.38. The van der Waals surface area contributed by atoms with Crippen molar-refractivity contribution < 1.29 is 18.3 Å². The average Bonchev–Trinajstić information content (AvgIpc) is 2.17. The normalized spacial score (nSPS) is 12.6. The zero-order valence-corrected chi connectivity index (χ0v) is 11.0. The van der Waals surface area contributed by atoms with Crippen LogP contribution in [0.2, 0.25) is 0 Å². The number of aliphatic hydroxyl groups is 1. The van der Waals surface area contributed by atoms with Crippen LogP contribution in [0.1, 0.15) is 20.3 Å². The minimum atomic E-state index is -3.47. The molecule has 0 aliphatic carbocycles. The third-order valence-electron chi connectivity index (χ3n) is 2.01. The van der Waals surface area contributed by atoms with Gasteiger partial charge in [0.2, 0.25) is 0 Å². The summed E-state index contributed by atoms with van der Waals surface area (Å²) in [6.07, 6.45) is 0.434. The largest absolute Gasteiger partial charge is 0.396 e. The molecule has 0 heterocycles. The van der Waals surface area contributed by atoms with Crippen LogP contribution in [0.5, 0.6) is 0 Å². The number of methoxy groups -OCH3 is 1. The summed E-state index contributed by atoms with van der Waals surface area (Å²) in [5, 5.41) is 8.71. The van der Waals surface area contributed by atoms with Gasteiger partial charge in [-0.1, -0.05) is 0 Å². The van der Waals surface area contributed by atoms with E-state index in [9.17, 15) is 8.42 Å². The second kappa shape index (κ2) is 7.97. The Labute approximate surface area is 97.8 Å². The van der Waals surface area contributed by atoms with Gasteiger partial charge in [0.1, 0.15) is 0 Å². The van der Waals surface area contributed by atoms with E-state index in [1.165, 1.54) is 11.4 Å². The first-order chi connectivity index (χ1) is 7.45. The number of ether oxygens (including phenoxy) is 1. The van der Waals surface area contributed by atoms with Crippen molar-refractivity contribution >= 4 is 10.2 Å². The monoisotopic (exact) mass is 254 g/mol. The standard InChI is InChI=1S/C9H22N2O4S/c1-9(2)11(6-4-7-12)16(13,14)10-5-8-15-3/h9-10,12H,4-8H2,1-3H3. The van der Waals surface area contributed by atoms with Crippen LogP contribution < -0.4 is 4.72 Å². The molecule has 2 N–H and O–H groups in total. The van der Waals surface area contributed by atoms with E-state index in [4.69, 9.17) is 9.84 Å². The molecule has 0 saturated heterocycles. The van der Waals surface area contributed by atoms with E-state index in [2.05, 4.69) is 4.72 Å². The highest BCUT2D eigenvalue weighted by Crippen LogP contribution is 2.05. The van der Waals surface area contributed by atoms with Crippen molar-refractivity contribution in [3.63, 3.8) is 0 Å². The topological polar surface area (TPSA) is 78.9 Å². The molecule has 0 bridgehead atoms. The highest BCUT2D eigenvalue weighted by Gasteiger charge is 2.23. The smallest absolute Gasteiger partial charge is 0.279 e. The van der Waals surface area contributed by atoms with Gasteiger partial charge in [-0.3, -0.25) is 0 Å². The van der Waals surface area contributed by atoms with E-state index in [1.54, 1.807) is 13.8 Å². The van der Waals surface area contributed by atoms with Crippen molar-refractivity contribution in [2.24, 2.45) is 0 Å². The highest BCUT2D eigenvalue weighted by atomic mass is 32.2.